The molecular weight excluding hydrogens is 231 g/mol. The molecule has 0 bridgehead atoms. The summed E-state index contributed by atoms with van der Waals surface area (Å²) in [6.07, 6.45) is 0. The van der Waals surface area contributed by atoms with Gasteiger partial charge in [-0.1, -0.05) is 30.2 Å². The second kappa shape index (κ2) is 5.33. The van der Waals surface area contributed by atoms with Crippen LogP contribution in [0.4, 0.5) is 4.39 Å². The summed E-state index contributed by atoms with van der Waals surface area (Å²) in [6, 6.07) is 9.92. The highest BCUT2D eigenvalue weighted by atomic mass is 19.1. The largest absolute Gasteiger partial charge is 0.456 e. The Morgan fingerprint density at radius 3 is 2.67 bits per heavy atom. The fourth-order valence-corrected chi connectivity index (χ4v) is 1.66. The number of carbonyl (C=O) groups excluding carboxylic acids is 1. The minimum Gasteiger partial charge on any atom is -0.456 e. The Labute approximate surface area is 104 Å². The molecule has 0 aromatic heterocycles. The van der Waals surface area contributed by atoms with Crippen LogP contribution in [0.3, 0.4) is 0 Å². The third-order valence-corrected chi connectivity index (χ3v) is 2.45. The van der Waals surface area contributed by atoms with Crippen LogP contribution in [0.25, 0.3) is 10.8 Å². The summed E-state index contributed by atoms with van der Waals surface area (Å²) in [6.45, 7) is 2.00. The van der Waals surface area contributed by atoms with Gasteiger partial charge in [-0.3, -0.25) is 0 Å². The van der Waals surface area contributed by atoms with Crippen LogP contribution in [0, 0.1) is 17.7 Å². The van der Waals surface area contributed by atoms with Crippen LogP contribution in [0.2, 0.25) is 0 Å². The summed E-state index contributed by atoms with van der Waals surface area (Å²) in [4.78, 5) is 11.1. The van der Waals surface area contributed by atoms with E-state index in [1.165, 1.54) is 6.07 Å². The lowest BCUT2D eigenvalue weighted by Crippen LogP contribution is -1.99. The number of rotatable bonds is 1. The highest BCUT2D eigenvalue weighted by Gasteiger charge is 2.03. The van der Waals surface area contributed by atoms with Gasteiger partial charge in [-0.25, -0.2) is 9.18 Å². The van der Waals surface area contributed by atoms with Crippen molar-refractivity contribution in [3.05, 3.63) is 47.8 Å². The van der Waals surface area contributed by atoms with Gasteiger partial charge in [0.05, 0.1) is 6.61 Å². The van der Waals surface area contributed by atoms with Gasteiger partial charge < -0.3 is 4.74 Å². The molecule has 0 atom stereocenters. The number of ether oxygens (including phenoxy) is 1. The average Bonchev–Trinajstić information content (AvgIpc) is 2.39. The molecule has 2 aromatic rings. The minimum atomic E-state index is -0.578. The molecule has 0 radical (unpaired) electrons. The van der Waals surface area contributed by atoms with Crippen LogP contribution < -0.4 is 0 Å². The summed E-state index contributed by atoms with van der Waals surface area (Å²) in [5.74, 6) is 4.21. The van der Waals surface area contributed by atoms with E-state index >= 15 is 0 Å². The molecule has 2 rings (SSSR count). The molecular formula is C15H11FO2. The van der Waals surface area contributed by atoms with Crippen LogP contribution >= 0.6 is 0 Å². The van der Waals surface area contributed by atoms with Crippen molar-refractivity contribution in [3.63, 3.8) is 0 Å². The molecule has 0 saturated carbocycles. The van der Waals surface area contributed by atoms with E-state index in [4.69, 9.17) is 4.74 Å². The number of hydrogen-bond acceptors (Lipinski definition) is 2. The van der Waals surface area contributed by atoms with Crippen molar-refractivity contribution in [1.82, 2.24) is 0 Å². The Balaban J connectivity index is 2.46. The lowest BCUT2D eigenvalue weighted by atomic mass is 10.0. The third kappa shape index (κ3) is 2.49. The molecule has 90 valence electrons. The summed E-state index contributed by atoms with van der Waals surface area (Å²) in [7, 11) is 0. The quantitative estimate of drug-likeness (QED) is 0.567. The van der Waals surface area contributed by atoms with Crippen molar-refractivity contribution in [2.75, 3.05) is 6.61 Å². The molecule has 0 unspecified atom stereocenters. The first-order chi connectivity index (χ1) is 8.72. The van der Waals surface area contributed by atoms with Gasteiger partial charge in [0.15, 0.2) is 0 Å². The molecule has 0 saturated heterocycles. The van der Waals surface area contributed by atoms with Gasteiger partial charge >= 0.3 is 5.97 Å². The van der Waals surface area contributed by atoms with Crippen molar-refractivity contribution in [2.24, 2.45) is 0 Å². The van der Waals surface area contributed by atoms with E-state index in [2.05, 4.69) is 11.8 Å². The molecule has 0 heterocycles. The fourth-order valence-electron chi connectivity index (χ4n) is 1.66. The predicted molar refractivity (Wildman–Crippen MR) is 67.4 cm³/mol. The lowest BCUT2D eigenvalue weighted by Gasteiger charge is -2.01. The highest BCUT2D eigenvalue weighted by molar-refractivity contribution is 5.93. The van der Waals surface area contributed by atoms with Gasteiger partial charge in [0.1, 0.15) is 5.82 Å². The molecule has 0 aliphatic carbocycles. The van der Waals surface area contributed by atoms with E-state index in [1.807, 2.05) is 0 Å². The van der Waals surface area contributed by atoms with Crippen LogP contribution in [0.5, 0.6) is 0 Å². The van der Waals surface area contributed by atoms with Crippen molar-refractivity contribution in [3.8, 4) is 11.8 Å². The molecule has 2 aromatic carbocycles. The summed E-state index contributed by atoms with van der Waals surface area (Å²) >= 11 is 0. The maximum Gasteiger partial charge on any atom is 0.384 e. The van der Waals surface area contributed by atoms with Gasteiger partial charge in [-0.05, 0) is 19.1 Å². The molecule has 3 heteroatoms. The van der Waals surface area contributed by atoms with Gasteiger partial charge in [-0.2, -0.15) is 0 Å². The van der Waals surface area contributed by atoms with E-state index in [1.54, 1.807) is 37.3 Å². The zero-order chi connectivity index (χ0) is 13.0. The van der Waals surface area contributed by atoms with E-state index in [0.717, 1.165) is 0 Å². The number of fused-ring (bicyclic) bond motifs is 1. The van der Waals surface area contributed by atoms with Crippen molar-refractivity contribution >= 4 is 16.7 Å². The standard InChI is InChI=1S/C15H11FO2/c1-2-18-15(17)10-8-11-7-9-14(16)13-6-4-3-5-12(11)13/h3-7,9H,2H2,1H3. The zero-order valence-corrected chi connectivity index (χ0v) is 9.87. The Morgan fingerprint density at radius 1 is 1.22 bits per heavy atom. The number of esters is 1. The van der Waals surface area contributed by atoms with Crippen molar-refractivity contribution < 1.29 is 13.9 Å². The average molecular weight is 242 g/mol. The van der Waals surface area contributed by atoms with Crippen LogP contribution in [-0.2, 0) is 9.53 Å². The highest BCUT2D eigenvalue weighted by Crippen LogP contribution is 2.20. The molecule has 0 aliphatic heterocycles. The second-order valence-electron chi connectivity index (χ2n) is 3.61. The Bertz CT molecular complexity index is 650. The van der Waals surface area contributed by atoms with E-state index in [9.17, 15) is 9.18 Å². The number of benzene rings is 2. The monoisotopic (exact) mass is 242 g/mol. The molecule has 0 spiro atoms. The van der Waals surface area contributed by atoms with Crippen LogP contribution in [0.1, 0.15) is 12.5 Å². The Morgan fingerprint density at radius 2 is 1.94 bits per heavy atom. The van der Waals surface area contributed by atoms with Crippen LogP contribution in [0.15, 0.2) is 36.4 Å². The smallest absolute Gasteiger partial charge is 0.384 e. The topological polar surface area (TPSA) is 26.3 Å². The molecule has 0 amide bonds. The van der Waals surface area contributed by atoms with Gasteiger partial charge in [0.2, 0.25) is 0 Å². The Kier molecular flexibility index (Phi) is 3.59. The third-order valence-electron chi connectivity index (χ3n) is 2.45. The molecule has 0 aliphatic rings. The first-order valence-corrected chi connectivity index (χ1v) is 5.58. The SMILES string of the molecule is CCOC(=O)C#Cc1ccc(F)c2ccccc12. The summed E-state index contributed by atoms with van der Waals surface area (Å²) in [5.41, 5.74) is 0.611. The van der Waals surface area contributed by atoms with Crippen LogP contribution in [-0.4, -0.2) is 12.6 Å². The van der Waals surface area contributed by atoms with Crippen molar-refractivity contribution in [2.45, 2.75) is 6.92 Å². The summed E-state index contributed by atoms with van der Waals surface area (Å²) < 4.78 is 18.3. The van der Waals surface area contributed by atoms with E-state index in [0.29, 0.717) is 16.3 Å². The van der Waals surface area contributed by atoms with Gasteiger partial charge in [0, 0.05) is 22.3 Å². The maximum atomic E-state index is 13.5. The lowest BCUT2D eigenvalue weighted by molar-refractivity contribution is -0.136. The number of carbonyl (C=O) groups is 1. The molecule has 2 nitrogen and oxygen atoms in total. The fraction of sp³-hybridized carbons (Fsp3) is 0.133. The Hall–Kier alpha value is -2.34. The summed E-state index contributed by atoms with van der Waals surface area (Å²) in [5, 5.41) is 1.18. The first kappa shape index (κ1) is 12.1. The molecule has 0 fully saturated rings. The van der Waals surface area contributed by atoms with Gasteiger partial charge in [-0.15, -0.1) is 0 Å². The number of halogens is 1. The van der Waals surface area contributed by atoms with E-state index < -0.39 is 5.97 Å². The molecule has 18 heavy (non-hydrogen) atoms. The predicted octanol–water partition coefficient (Wildman–Crippen LogP) is 2.89. The second-order valence-corrected chi connectivity index (χ2v) is 3.61. The normalized spacial score (nSPS) is 9.67. The first-order valence-electron chi connectivity index (χ1n) is 5.58. The minimum absolute atomic E-state index is 0.289. The van der Waals surface area contributed by atoms with E-state index in [-0.39, 0.29) is 12.4 Å². The van der Waals surface area contributed by atoms with Crippen molar-refractivity contribution in [1.29, 1.82) is 0 Å². The molecule has 0 N–H and O–H groups in total. The van der Waals surface area contributed by atoms with Gasteiger partial charge in [0.25, 0.3) is 0 Å². The number of hydrogen-bond donors (Lipinski definition) is 0. The maximum absolute atomic E-state index is 13.5. The zero-order valence-electron chi connectivity index (χ0n) is 9.87.